The Morgan fingerprint density at radius 1 is 0.480 bits per heavy atom. The normalized spacial score (nSPS) is 17.1. The molecule has 0 amide bonds. The first-order valence-electron chi connectivity index (χ1n) is 20.0. The van der Waals surface area contributed by atoms with E-state index in [1.54, 1.807) is 0 Å². The molecular formula is C40H68O10. The molecule has 10 heteroatoms. The molecule has 0 aromatic rings. The zero-order valence-electron chi connectivity index (χ0n) is 31.3. The van der Waals surface area contributed by atoms with Gasteiger partial charge in [-0.15, -0.1) is 0 Å². The number of unbranched alkanes of at least 4 members (excludes halogenated alkanes) is 18. The fourth-order valence-electron chi connectivity index (χ4n) is 7.00. The first-order chi connectivity index (χ1) is 24.1. The standard InChI is InChI=1S/C40H68O10/c1-3-5-7-9-11-13-15-17-19-21-25-31(29-35(41)42)37(45)49-39(47)33-27-23-24-28-34(33)40(48)50-38(46)32(30-36(43)44)26-22-20-18-16-14-12-10-8-6-4-2/h31-34H,3-30H2,1-2H3,(H,41,42)(H,43,44). The van der Waals surface area contributed by atoms with Crippen LogP contribution in [0.15, 0.2) is 0 Å². The quantitative estimate of drug-likeness (QED) is 0.0417. The molecule has 1 aliphatic rings. The number of carbonyl (C=O) groups is 6. The van der Waals surface area contributed by atoms with Gasteiger partial charge in [0.25, 0.3) is 0 Å². The number of carboxylic acids is 2. The van der Waals surface area contributed by atoms with Gasteiger partial charge in [-0.1, -0.05) is 155 Å². The zero-order chi connectivity index (χ0) is 37.0. The lowest BCUT2D eigenvalue weighted by atomic mass is 9.79. The zero-order valence-corrected chi connectivity index (χ0v) is 31.3. The van der Waals surface area contributed by atoms with Crippen molar-refractivity contribution in [3.05, 3.63) is 0 Å². The van der Waals surface area contributed by atoms with Crippen molar-refractivity contribution >= 4 is 35.8 Å². The third-order valence-corrected chi connectivity index (χ3v) is 10.1. The lowest BCUT2D eigenvalue weighted by Crippen LogP contribution is -2.38. The van der Waals surface area contributed by atoms with E-state index in [1.807, 2.05) is 0 Å². The Bertz CT molecular complexity index is 915. The van der Waals surface area contributed by atoms with Gasteiger partial charge in [-0.3, -0.25) is 28.8 Å². The van der Waals surface area contributed by atoms with Crippen LogP contribution in [0.3, 0.4) is 0 Å². The van der Waals surface area contributed by atoms with Crippen LogP contribution in [0.5, 0.6) is 0 Å². The van der Waals surface area contributed by atoms with E-state index in [9.17, 15) is 39.0 Å². The molecule has 0 aromatic heterocycles. The van der Waals surface area contributed by atoms with Gasteiger partial charge < -0.3 is 19.7 Å². The van der Waals surface area contributed by atoms with Crippen molar-refractivity contribution in [2.75, 3.05) is 0 Å². The maximum atomic E-state index is 13.2. The van der Waals surface area contributed by atoms with Gasteiger partial charge in [0.15, 0.2) is 0 Å². The van der Waals surface area contributed by atoms with Crippen LogP contribution < -0.4 is 0 Å². The van der Waals surface area contributed by atoms with Crippen molar-refractivity contribution in [3.63, 3.8) is 0 Å². The first-order valence-corrected chi connectivity index (χ1v) is 20.0. The Labute approximate surface area is 301 Å². The largest absolute Gasteiger partial charge is 0.481 e. The molecule has 0 aliphatic heterocycles. The van der Waals surface area contributed by atoms with Crippen LogP contribution in [0.4, 0.5) is 0 Å². The Kier molecular flexibility index (Phi) is 26.1. The summed E-state index contributed by atoms with van der Waals surface area (Å²) in [5.41, 5.74) is 0. The summed E-state index contributed by atoms with van der Waals surface area (Å²) in [6.45, 7) is 4.39. The molecule has 0 bridgehead atoms. The molecule has 0 aromatic carbocycles. The Morgan fingerprint density at radius 2 is 0.760 bits per heavy atom. The minimum atomic E-state index is -1.15. The number of rotatable bonds is 30. The fraction of sp³-hybridized carbons (Fsp3) is 0.850. The first kappa shape index (κ1) is 45.2. The summed E-state index contributed by atoms with van der Waals surface area (Å²) in [5.74, 6) is -9.88. The van der Waals surface area contributed by atoms with Crippen molar-refractivity contribution in [2.24, 2.45) is 23.7 Å². The van der Waals surface area contributed by atoms with Gasteiger partial charge in [0.2, 0.25) is 0 Å². The van der Waals surface area contributed by atoms with Gasteiger partial charge in [0.05, 0.1) is 36.5 Å². The third kappa shape index (κ3) is 21.4. The molecule has 50 heavy (non-hydrogen) atoms. The van der Waals surface area contributed by atoms with Crippen LogP contribution in [0.25, 0.3) is 0 Å². The van der Waals surface area contributed by atoms with E-state index in [4.69, 9.17) is 9.47 Å². The van der Waals surface area contributed by atoms with Crippen LogP contribution in [0.1, 0.15) is 194 Å². The van der Waals surface area contributed by atoms with E-state index in [1.165, 1.54) is 64.2 Å². The summed E-state index contributed by atoms with van der Waals surface area (Å²) < 4.78 is 10.4. The van der Waals surface area contributed by atoms with Gasteiger partial charge in [-0.25, -0.2) is 0 Å². The van der Waals surface area contributed by atoms with Crippen LogP contribution in [0.2, 0.25) is 0 Å². The molecule has 2 N–H and O–H groups in total. The van der Waals surface area contributed by atoms with Gasteiger partial charge in [0.1, 0.15) is 0 Å². The van der Waals surface area contributed by atoms with Gasteiger partial charge in [-0.05, 0) is 25.7 Å². The lowest BCUT2D eigenvalue weighted by molar-refractivity contribution is -0.176. The molecule has 288 valence electrons. The minimum Gasteiger partial charge on any atom is -0.481 e. The van der Waals surface area contributed by atoms with E-state index < -0.39 is 72.3 Å². The van der Waals surface area contributed by atoms with Crippen LogP contribution in [0, 0.1) is 23.7 Å². The highest BCUT2D eigenvalue weighted by molar-refractivity contribution is 5.94. The second-order valence-electron chi connectivity index (χ2n) is 14.5. The Balaban J connectivity index is 2.61. The van der Waals surface area contributed by atoms with Crippen LogP contribution in [-0.2, 0) is 38.2 Å². The highest BCUT2D eigenvalue weighted by Gasteiger charge is 2.41. The number of carboxylic acid groups (broad SMARTS) is 2. The van der Waals surface area contributed by atoms with Gasteiger partial charge >= 0.3 is 35.8 Å². The smallest absolute Gasteiger partial charge is 0.317 e. The Morgan fingerprint density at radius 3 is 1.04 bits per heavy atom. The molecule has 1 fully saturated rings. The molecule has 1 rings (SSSR count). The number of hydrogen-bond donors (Lipinski definition) is 2. The summed E-state index contributed by atoms with van der Waals surface area (Å²) in [6.07, 6.45) is 23.4. The van der Waals surface area contributed by atoms with E-state index in [0.717, 1.165) is 51.4 Å². The molecule has 10 nitrogen and oxygen atoms in total. The Hall–Kier alpha value is -2.78. The van der Waals surface area contributed by atoms with Crippen molar-refractivity contribution < 1.29 is 48.5 Å². The summed E-state index contributed by atoms with van der Waals surface area (Å²) in [6, 6.07) is 0. The van der Waals surface area contributed by atoms with Gasteiger partial charge in [0, 0.05) is 0 Å². The molecule has 1 saturated carbocycles. The topological polar surface area (TPSA) is 161 Å². The van der Waals surface area contributed by atoms with Crippen LogP contribution in [-0.4, -0.2) is 46.0 Å². The molecule has 0 saturated heterocycles. The number of esters is 4. The van der Waals surface area contributed by atoms with Crippen molar-refractivity contribution in [3.8, 4) is 0 Å². The minimum absolute atomic E-state index is 0.263. The second-order valence-corrected chi connectivity index (χ2v) is 14.5. The number of ether oxygens (including phenoxy) is 2. The number of aliphatic carboxylic acids is 2. The highest BCUT2D eigenvalue weighted by atomic mass is 16.6. The van der Waals surface area contributed by atoms with E-state index in [-0.39, 0.29) is 12.8 Å². The van der Waals surface area contributed by atoms with Gasteiger partial charge in [-0.2, -0.15) is 0 Å². The average Bonchev–Trinajstić information content (AvgIpc) is 3.08. The summed E-state index contributed by atoms with van der Waals surface area (Å²) in [5, 5.41) is 18.8. The molecule has 4 unspecified atom stereocenters. The second kappa shape index (κ2) is 28.9. The monoisotopic (exact) mass is 708 g/mol. The average molecular weight is 709 g/mol. The molecule has 0 heterocycles. The molecule has 0 spiro atoms. The van der Waals surface area contributed by atoms with Crippen molar-refractivity contribution in [1.82, 2.24) is 0 Å². The van der Waals surface area contributed by atoms with E-state index >= 15 is 0 Å². The van der Waals surface area contributed by atoms with Crippen LogP contribution >= 0.6 is 0 Å². The lowest BCUT2D eigenvalue weighted by Gasteiger charge is -2.28. The fourth-order valence-corrected chi connectivity index (χ4v) is 7.00. The van der Waals surface area contributed by atoms with Crippen molar-refractivity contribution in [1.29, 1.82) is 0 Å². The molecule has 1 aliphatic carbocycles. The molecule has 4 atom stereocenters. The van der Waals surface area contributed by atoms with Crippen molar-refractivity contribution in [2.45, 2.75) is 194 Å². The predicted octanol–water partition coefficient (Wildman–Crippen LogP) is 9.74. The number of hydrogen-bond acceptors (Lipinski definition) is 8. The number of carbonyl (C=O) groups excluding carboxylic acids is 4. The van der Waals surface area contributed by atoms with E-state index in [2.05, 4.69) is 13.8 Å². The highest BCUT2D eigenvalue weighted by Crippen LogP contribution is 2.33. The molecular weight excluding hydrogens is 640 g/mol. The van der Waals surface area contributed by atoms with E-state index in [0.29, 0.717) is 38.5 Å². The summed E-state index contributed by atoms with van der Waals surface area (Å²) >= 11 is 0. The predicted molar refractivity (Wildman–Crippen MR) is 192 cm³/mol. The molecule has 0 radical (unpaired) electrons. The maximum absolute atomic E-state index is 13.2. The SMILES string of the molecule is CCCCCCCCCCCCC(CC(=O)O)C(=O)OC(=O)C1CCCCC1C(=O)OC(=O)C(CCCCCCCCCCCC)CC(=O)O. The third-order valence-electron chi connectivity index (χ3n) is 10.1. The summed E-state index contributed by atoms with van der Waals surface area (Å²) in [4.78, 5) is 75.3. The summed E-state index contributed by atoms with van der Waals surface area (Å²) in [7, 11) is 0. The maximum Gasteiger partial charge on any atom is 0.317 e.